The highest BCUT2D eigenvalue weighted by atomic mass is 79.9. The van der Waals surface area contributed by atoms with Gasteiger partial charge in [0.1, 0.15) is 5.82 Å². The Bertz CT molecular complexity index is 1050. The lowest BCUT2D eigenvalue weighted by Gasteiger charge is -2.08. The summed E-state index contributed by atoms with van der Waals surface area (Å²) in [5.41, 5.74) is -0.371. The first-order valence-corrected chi connectivity index (χ1v) is 7.74. The van der Waals surface area contributed by atoms with Crippen LogP contribution in [0.25, 0.3) is 11.2 Å². The average molecular weight is 402 g/mol. The number of nitrogens with zero attached hydrogens (tertiary/aromatic N) is 4. The van der Waals surface area contributed by atoms with Gasteiger partial charge in [0, 0.05) is 24.1 Å². The van der Waals surface area contributed by atoms with E-state index < -0.39 is 17.1 Å². The fourth-order valence-electron chi connectivity index (χ4n) is 2.40. The fraction of sp³-hybridized carbons (Fsp3) is 0.214. The van der Waals surface area contributed by atoms with E-state index in [1.54, 1.807) is 12.1 Å². The maximum Gasteiger partial charge on any atom is 0.332 e. The van der Waals surface area contributed by atoms with Gasteiger partial charge < -0.3 is 4.57 Å². The molecule has 0 radical (unpaired) electrons. The molecule has 23 heavy (non-hydrogen) atoms. The smallest absolute Gasteiger partial charge is 0.304 e. The van der Waals surface area contributed by atoms with E-state index in [0.29, 0.717) is 10.0 Å². The summed E-state index contributed by atoms with van der Waals surface area (Å²) in [4.78, 5) is 28.4. The van der Waals surface area contributed by atoms with Gasteiger partial charge in [-0.1, -0.05) is 15.9 Å². The van der Waals surface area contributed by atoms with Gasteiger partial charge in [-0.3, -0.25) is 13.9 Å². The van der Waals surface area contributed by atoms with E-state index in [0.717, 1.165) is 4.57 Å². The average Bonchev–Trinajstić information content (AvgIpc) is 2.84. The van der Waals surface area contributed by atoms with Gasteiger partial charge >= 0.3 is 5.69 Å². The number of hydrogen-bond acceptors (Lipinski definition) is 3. The Morgan fingerprint density at radius 2 is 1.96 bits per heavy atom. The van der Waals surface area contributed by atoms with Crippen molar-refractivity contribution < 1.29 is 4.39 Å². The van der Waals surface area contributed by atoms with Crippen LogP contribution >= 0.6 is 27.5 Å². The van der Waals surface area contributed by atoms with Crippen LogP contribution in [0.4, 0.5) is 4.39 Å². The maximum atomic E-state index is 14.0. The van der Waals surface area contributed by atoms with Crippen molar-refractivity contribution in [1.29, 1.82) is 0 Å². The largest absolute Gasteiger partial charge is 0.332 e. The molecule has 0 amide bonds. The Morgan fingerprint density at radius 3 is 2.65 bits per heavy atom. The van der Waals surface area contributed by atoms with Gasteiger partial charge in [-0.15, -0.1) is 0 Å². The summed E-state index contributed by atoms with van der Waals surface area (Å²) < 4.78 is 18.3. The molecule has 0 aliphatic heterocycles. The van der Waals surface area contributed by atoms with E-state index in [-0.39, 0.29) is 23.0 Å². The van der Waals surface area contributed by atoms with Crippen molar-refractivity contribution >= 4 is 38.7 Å². The monoisotopic (exact) mass is 400 g/mol. The van der Waals surface area contributed by atoms with Crippen LogP contribution in [0.15, 0.2) is 32.3 Å². The Kier molecular flexibility index (Phi) is 3.89. The first-order chi connectivity index (χ1) is 10.8. The lowest BCUT2D eigenvalue weighted by molar-refractivity contribution is 0.600. The van der Waals surface area contributed by atoms with E-state index in [4.69, 9.17) is 11.6 Å². The number of fused-ring (bicyclic) bond motifs is 1. The summed E-state index contributed by atoms with van der Waals surface area (Å²) in [5, 5.41) is 0.0117. The molecular formula is C14H11BrClFN4O2. The van der Waals surface area contributed by atoms with Gasteiger partial charge in [-0.2, -0.15) is 4.98 Å². The second kappa shape index (κ2) is 5.61. The molecule has 0 spiro atoms. The molecule has 0 atom stereocenters. The van der Waals surface area contributed by atoms with Crippen LogP contribution in [0.1, 0.15) is 5.56 Å². The van der Waals surface area contributed by atoms with Crippen molar-refractivity contribution in [2.24, 2.45) is 14.1 Å². The predicted molar refractivity (Wildman–Crippen MR) is 88.4 cm³/mol. The summed E-state index contributed by atoms with van der Waals surface area (Å²) in [5.74, 6) is -0.423. The Hall–Kier alpha value is -1.93. The van der Waals surface area contributed by atoms with Crippen molar-refractivity contribution in [1.82, 2.24) is 18.7 Å². The zero-order valence-electron chi connectivity index (χ0n) is 12.2. The third-order valence-corrected chi connectivity index (χ3v) is 4.42. The molecule has 3 aromatic rings. The number of imidazole rings is 1. The van der Waals surface area contributed by atoms with Crippen LogP contribution in [0.2, 0.25) is 5.28 Å². The summed E-state index contributed by atoms with van der Waals surface area (Å²) in [6.07, 6.45) is 0. The summed E-state index contributed by atoms with van der Waals surface area (Å²) in [6, 6.07) is 4.50. The summed E-state index contributed by atoms with van der Waals surface area (Å²) in [6.45, 7) is 0.0219. The molecule has 0 saturated carbocycles. The summed E-state index contributed by atoms with van der Waals surface area (Å²) in [7, 11) is 2.87. The van der Waals surface area contributed by atoms with Gasteiger partial charge in [-0.05, 0) is 29.8 Å². The van der Waals surface area contributed by atoms with E-state index in [9.17, 15) is 14.0 Å². The van der Waals surface area contributed by atoms with Gasteiger partial charge in [0.25, 0.3) is 5.56 Å². The molecule has 3 rings (SSSR count). The highest BCUT2D eigenvalue weighted by molar-refractivity contribution is 9.10. The van der Waals surface area contributed by atoms with Crippen molar-refractivity contribution in [2.75, 3.05) is 0 Å². The molecule has 0 bridgehead atoms. The molecule has 120 valence electrons. The Labute approximate surface area is 142 Å². The molecule has 2 heterocycles. The molecule has 0 aliphatic rings. The van der Waals surface area contributed by atoms with Crippen LogP contribution in [0.3, 0.4) is 0 Å². The van der Waals surface area contributed by atoms with Gasteiger partial charge in [-0.25, -0.2) is 9.18 Å². The summed E-state index contributed by atoms with van der Waals surface area (Å²) >= 11 is 9.39. The van der Waals surface area contributed by atoms with Crippen molar-refractivity contribution in [3.63, 3.8) is 0 Å². The molecule has 6 nitrogen and oxygen atoms in total. The van der Waals surface area contributed by atoms with Gasteiger partial charge in [0.2, 0.25) is 5.28 Å². The quantitative estimate of drug-likeness (QED) is 0.617. The molecular weight excluding hydrogens is 391 g/mol. The molecule has 2 aromatic heterocycles. The molecule has 0 fully saturated rings. The van der Waals surface area contributed by atoms with Crippen LogP contribution in [0, 0.1) is 5.82 Å². The zero-order chi connectivity index (χ0) is 16.9. The normalized spacial score (nSPS) is 11.3. The second-order valence-electron chi connectivity index (χ2n) is 5.08. The number of aromatic nitrogens is 4. The number of benzene rings is 1. The third kappa shape index (κ3) is 2.51. The topological polar surface area (TPSA) is 61.8 Å². The molecule has 9 heteroatoms. The maximum absolute atomic E-state index is 14.0. The van der Waals surface area contributed by atoms with E-state index >= 15 is 0 Å². The number of aryl methyl sites for hydroxylation is 1. The van der Waals surface area contributed by atoms with Crippen LogP contribution in [-0.2, 0) is 20.6 Å². The minimum Gasteiger partial charge on any atom is -0.304 e. The van der Waals surface area contributed by atoms with E-state index in [1.165, 1.54) is 29.3 Å². The van der Waals surface area contributed by atoms with E-state index in [1.807, 2.05) is 0 Å². The SMILES string of the molecule is Cn1c(=O)c2c(nc(Cl)n2Cc2cc(Br)ccc2F)n(C)c1=O. The lowest BCUT2D eigenvalue weighted by Crippen LogP contribution is -2.37. The molecule has 0 N–H and O–H groups in total. The zero-order valence-corrected chi connectivity index (χ0v) is 14.5. The van der Waals surface area contributed by atoms with Crippen molar-refractivity contribution in [2.45, 2.75) is 6.54 Å². The number of hydrogen-bond donors (Lipinski definition) is 0. The Morgan fingerprint density at radius 1 is 1.26 bits per heavy atom. The van der Waals surface area contributed by atoms with Gasteiger partial charge in [0.15, 0.2) is 11.2 Å². The second-order valence-corrected chi connectivity index (χ2v) is 6.33. The van der Waals surface area contributed by atoms with Crippen molar-refractivity contribution in [3.8, 4) is 0 Å². The molecule has 1 aromatic carbocycles. The Balaban J connectivity index is 2.31. The standard InChI is InChI=1S/C14H11BrClFN4O2/c1-19-11-10(12(22)20(2)14(19)23)21(13(16)18-11)6-7-5-8(15)3-4-9(7)17/h3-5H,6H2,1-2H3. The predicted octanol–water partition coefficient (Wildman–Crippen LogP) is 2.04. The highest BCUT2D eigenvalue weighted by Crippen LogP contribution is 2.21. The van der Waals surface area contributed by atoms with Crippen LogP contribution < -0.4 is 11.2 Å². The highest BCUT2D eigenvalue weighted by Gasteiger charge is 2.19. The minimum atomic E-state index is -0.530. The lowest BCUT2D eigenvalue weighted by atomic mass is 10.2. The first-order valence-electron chi connectivity index (χ1n) is 6.57. The van der Waals surface area contributed by atoms with E-state index in [2.05, 4.69) is 20.9 Å². The minimum absolute atomic E-state index is 0.0117. The molecule has 0 saturated heterocycles. The van der Waals surface area contributed by atoms with Gasteiger partial charge in [0.05, 0.1) is 6.54 Å². The first kappa shape index (κ1) is 15.9. The number of halogens is 3. The third-order valence-electron chi connectivity index (χ3n) is 3.64. The fourth-order valence-corrected chi connectivity index (χ4v) is 3.03. The molecule has 0 unspecified atom stereocenters. The molecule has 0 aliphatic carbocycles. The van der Waals surface area contributed by atoms with Crippen molar-refractivity contribution in [3.05, 3.63) is 60.2 Å². The van der Waals surface area contributed by atoms with Crippen LogP contribution in [0.5, 0.6) is 0 Å². The van der Waals surface area contributed by atoms with Crippen LogP contribution in [-0.4, -0.2) is 18.7 Å². The number of rotatable bonds is 2.